The number of hydrogen-bond donors (Lipinski definition) is 3. The topological polar surface area (TPSA) is 99.5 Å². The lowest BCUT2D eigenvalue weighted by Gasteiger charge is -2.23. The van der Waals surface area contributed by atoms with E-state index in [1.165, 1.54) is 4.90 Å². The van der Waals surface area contributed by atoms with E-state index in [2.05, 4.69) is 19.2 Å². The lowest BCUT2D eigenvalue weighted by Crippen LogP contribution is -3.14. The maximum atomic E-state index is 13.1. The third-order valence-corrected chi connectivity index (χ3v) is 5.33. The van der Waals surface area contributed by atoms with E-state index in [-0.39, 0.29) is 5.91 Å². The fraction of sp³-hybridized carbons (Fsp3) is 0.476. The highest BCUT2D eigenvalue weighted by atomic mass is 16.5. The third-order valence-electron chi connectivity index (χ3n) is 5.33. The molecule has 8 nitrogen and oxygen atoms in total. The maximum absolute atomic E-state index is 13.1. The molecule has 3 heterocycles. The number of ether oxygens (including phenoxy) is 1. The Balaban J connectivity index is 1.65. The minimum Gasteiger partial charge on any atom is -0.384 e. The largest absolute Gasteiger partial charge is 0.384 e. The van der Waals surface area contributed by atoms with E-state index in [1.807, 2.05) is 28.8 Å². The molecule has 4 rings (SSSR count). The van der Waals surface area contributed by atoms with E-state index in [4.69, 9.17) is 20.4 Å². The van der Waals surface area contributed by atoms with Crippen molar-refractivity contribution in [1.29, 1.82) is 0 Å². The number of rotatable bonds is 6. The summed E-state index contributed by atoms with van der Waals surface area (Å²) >= 11 is 0. The number of nitrogens with zero attached hydrogens (tertiary/aromatic N) is 3. The van der Waals surface area contributed by atoms with Gasteiger partial charge in [-0.25, -0.2) is 9.97 Å². The summed E-state index contributed by atoms with van der Waals surface area (Å²) in [5.41, 5.74) is 9.66. The van der Waals surface area contributed by atoms with Gasteiger partial charge in [0.1, 0.15) is 30.0 Å². The zero-order valence-electron chi connectivity index (χ0n) is 17.1. The molecule has 0 atom stereocenters. The van der Waals surface area contributed by atoms with E-state index < -0.39 is 0 Å². The number of anilines is 1. The average molecular weight is 398 g/mol. The monoisotopic (exact) mass is 397 g/mol. The Hall–Kier alpha value is -2.71. The molecule has 8 heteroatoms. The number of quaternary nitrogens is 1. The van der Waals surface area contributed by atoms with Crippen LogP contribution in [0.2, 0.25) is 0 Å². The third kappa shape index (κ3) is 4.04. The first-order chi connectivity index (χ1) is 14.0. The first-order valence-electron chi connectivity index (χ1n) is 10.3. The van der Waals surface area contributed by atoms with E-state index in [0.717, 1.165) is 43.9 Å². The summed E-state index contributed by atoms with van der Waals surface area (Å²) < 4.78 is 7.31. The molecule has 1 aliphatic heterocycles. The summed E-state index contributed by atoms with van der Waals surface area (Å²) in [6.07, 6.45) is 0. The molecular weight excluding hydrogens is 368 g/mol. The van der Waals surface area contributed by atoms with Crippen LogP contribution in [-0.4, -0.2) is 59.8 Å². The maximum Gasteiger partial charge on any atom is 0.257 e. The van der Waals surface area contributed by atoms with E-state index in [0.29, 0.717) is 41.6 Å². The van der Waals surface area contributed by atoms with Crippen LogP contribution in [-0.2, 0) is 11.3 Å². The molecule has 0 aliphatic carbocycles. The number of hydrogen-bond acceptors (Lipinski definition) is 5. The minimum atomic E-state index is -0.188. The highest BCUT2D eigenvalue weighted by Gasteiger charge is 2.24. The lowest BCUT2D eigenvalue weighted by atomic mass is 10.2. The summed E-state index contributed by atoms with van der Waals surface area (Å²) in [6, 6.07) is 7.68. The number of aromatic nitrogens is 3. The summed E-state index contributed by atoms with van der Waals surface area (Å²) in [7, 11) is 0. The standard InChI is InChI=1S/C21H28N6O2/c1-14(2)13-27-19(22)17(21(28)23-7-8-26-9-11-29-12-10-26)18-20(27)25-16-6-4-3-5-15(16)24-18/h3-6,14H,7-13,22H2,1-2H3,(H,23,28)/p+1. The molecule has 1 aromatic carbocycles. The number of fused-ring (bicyclic) bond motifs is 2. The number of nitrogens with two attached hydrogens (primary N) is 1. The van der Waals surface area contributed by atoms with Gasteiger partial charge in [0, 0.05) is 6.54 Å². The van der Waals surface area contributed by atoms with Crippen LogP contribution in [0.15, 0.2) is 24.3 Å². The van der Waals surface area contributed by atoms with Crippen molar-refractivity contribution >= 4 is 33.9 Å². The van der Waals surface area contributed by atoms with Crippen molar-refractivity contribution in [1.82, 2.24) is 19.9 Å². The van der Waals surface area contributed by atoms with E-state index in [9.17, 15) is 4.79 Å². The van der Waals surface area contributed by atoms with Crippen LogP contribution in [0.5, 0.6) is 0 Å². The molecule has 2 aromatic heterocycles. The first-order valence-corrected chi connectivity index (χ1v) is 10.3. The zero-order chi connectivity index (χ0) is 20.4. The van der Waals surface area contributed by atoms with Gasteiger partial charge in [0.15, 0.2) is 5.65 Å². The van der Waals surface area contributed by atoms with Gasteiger partial charge in [0.2, 0.25) is 0 Å². The van der Waals surface area contributed by atoms with Crippen molar-refractivity contribution in [3.8, 4) is 0 Å². The normalized spacial score (nSPS) is 15.4. The van der Waals surface area contributed by atoms with Crippen molar-refractivity contribution in [3.63, 3.8) is 0 Å². The van der Waals surface area contributed by atoms with Crippen molar-refractivity contribution in [3.05, 3.63) is 29.8 Å². The molecule has 154 valence electrons. The van der Waals surface area contributed by atoms with Crippen molar-refractivity contribution in [2.75, 3.05) is 45.1 Å². The van der Waals surface area contributed by atoms with E-state index >= 15 is 0 Å². The smallest absolute Gasteiger partial charge is 0.257 e. The van der Waals surface area contributed by atoms with Crippen LogP contribution in [0.1, 0.15) is 24.2 Å². The van der Waals surface area contributed by atoms with Crippen LogP contribution in [0.3, 0.4) is 0 Å². The molecule has 0 bridgehead atoms. The second-order valence-corrected chi connectivity index (χ2v) is 8.02. The SMILES string of the molecule is CC(C)Cn1c(N)c(C(=O)NCC[NH+]2CCOCC2)c2nc3ccccc3nc21. The summed E-state index contributed by atoms with van der Waals surface area (Å²) in [6.45, 7) is 9.88. The molecule has 3 aromatic rings. The van der Waals surface area contributed by atoms with Crippen LogP contribution in [0, 0.1) is 5.92 Å². The molecule has 0 unspecified atom stereocenters. The van der Waals surface area contributed by atoms with Gasteiger partial charge in [-0.3, -0.25) is 4.79 Å². The van der Waals surface area contributed by atoms with Crippen LogP contribution in [0.4, 0.5) is 5.82 Å². The summed E-state index contributed by atoms with van der Waals surface area (Å²) in [5.74, 6) is 0.606. The van der Waals surface area contributed by atoms with Crippen LogP contribution < -0.4 is 16.0 Å². The predicted octanol–water partition coefficient (Wildman–Crippen LogP) is 0.468. The number of benzene rings is 1. The minimum absolute atomic E-state index is 0.188. The first kappa shape index (κ1) is 19.6. The van der Waals surface area contributed by atoms with Gasteiger partial charge < -0.3 is 25.3 Å². The summed E-state index contributed by atoms with van der Waals surface area (Å²) in [5, 5.41) is 3.03. The molecule has 4 N–H and O–H groups in total. The fourth-order valence-electron chi connectivity index (χ4n) is 3.84. The van der Waals surface area contributed by atoms with Crippen molar-refractivity contribution in [2.24, 2.45) is 5.92 Å². The molecule has 1 saturated heterocycles. The van der Waals surface area contributed by atoms with Gasteiger partial charge >= 0.3 is 0 Å². The van der Waals surface area contributed by atoms with Crippen LogP contribution >= 0.6 is 0 Å². The lowest BCUT2D eigenvalue weighted by molar-refractivity contribution is -0.906. The molecule has 1 fully saturated rings. The quantitative estimate of drug-likeness (QED) is 0.561. The number of carbonyl (C=O) groups excluding carboxylic acids is 1. The average Bonchev–Trinajstić information content (AvgIpc) is 2.97. The Labute approximate surface area is 170 Å². The van der Waals surface area contributed by atoms with Gasteiger partial charge in [0.25, 0.3) is 5.91 Å². The fourth-order valence-corrected chi connectivity index (χ4v) is 3.84. The highest BCUT2D eigenvalue weighted by Crippen LogP contribution is 2.28. The zero-order valence-corrected chi connectivity index (χ0v) is 17.1. The number of carbonyl (C=O) groups is 1. The van der Waals surface area contributed by atoms with Gasteiger partial charge in [-0.05, 0) is 18.1 Å². The van der Waals surface area contributed by atoms with Gasteiger partial charge in [-0.2, -0.15) is 0 Å². The van der Waals surface area contributed by atoms with Crippen molar-refractivity contribution < 1.29 is 14.4 Å². The molecule has 0 radical (unpaired) electrons. The molecule has 1 amide bonds. The Morgan fingerprint density at radius 3 is 2.62 bits per heavy atom. The Morgan fingerprint density at radius 2 is 1.93 bits per heavy atom. The van der Waals surface area contributed by atoms with Gasteiger partial charge in [0.05, 0.1) is 37.3 Å². The van der Waals surface area contributed by atoms with Gasteiger partial charge in [-0.1, -0.05) is 26.0 Å². The molecule has 1 aliphatic rings. The number of nitrogen functional groups attached to an aromatic ring is 1. The van der Waals surface area contributed by atoms with Crippen molar-refractivity contribution in [2.45, 2.75) is 20.4 Å². The predicted molar refractivity (Wildman–Crippen MR) is 113 cm³/mol. The van der Waals surface area contributed by atoms with Crippen LogP contribution in [0.25, 0.3) is 22.2 Å². The Bertz CT molecular complexity index is 1020. The highest BCUT2D eigenvalue weighted by molar-refractivity contribution is 6.10. The molecule has 29 heavy (non-hydrogen) atoms. The number of nitrogens with one attached hydrogen (secondary N) is 2. The number of morpholine rings is 1. The molecule has 0 saturated carbocycles. The Morgan fingerprint density at radius 1 is 1.24 bits per heavy atom. The second-order valence-electron chi connectivity index (χ2n) is 8.02. The summed E-state index contributed by atoms with van der Waals surface area (Å²) in [4.78, 5) is 24.0. The Kier molecular flexibility index (Phi) is 5.64. The number of amides is 1. The van der Waals surface area contributed by atoms with E-state index in [1.54, 1.807) is 0 Å². The second kappa shape index (κ2) is 8.34. The molecular formula is C21H29N6O2+. The van der Waals surface area contributed by atoms with Gasteiger partial charge in [-0.15, -0.1) is 0 Å². The number of para-hydroxylation sites is 2. The molecule has 0 spiro atoms.